The Hall–Kier alpha value is -1.91. The quantitative estimate of drug-likeness (QED) is 0.871. The van der Waals surface area contributed by atoms with Crippen molar-refractivity contribution >= 4 is 17.5 Å². The molecule has 2 aromatic carbocycles. The summed E-state index contributed by atoms with van der Waals surface area (Å²) in [7, 11) is 1.85. The van der Waals surface area contributed by atoms with E-state index in [2.05, 4.69) is 5.32 Å². The molecule has 0 aliphatic heterocycles. The molecular weight excluding hydrogens is 315 g/mol. The molecular formula is C18H20ClFN2O. The molecule has 0 saturated heterocycles. The van der Waals surface area contributed by atoms with Gasteiger partial charge in [0.05, 0.1) is 12.6 Å². The van der Waals surface area contributed by atoms with Gasteiger partial charge in [0.1, 0.15) is 5.82 Å². The van der Waals surface area contributed by atoms with Crippen LogP contribution in [-0.4, -0.2) is 24.4 Å². The number of carbonyl (C=O) groups excluding carboxylic acids is 1. The Bertz CT molecular complexity index is 660. The van der Waals surface area contributed by atoms with Crippen LogP contribution in [0.5, 0.6) is 0 Å². The van der Waals surface area contributed by atoms with Gasteiger partial charge in [-0.1, -0.05) is 35.9 Å². The number of rotatable bonds is 6. The van der Waals surface area contributed by atoms with Crippen molar-refractivity contribution in [2.45, 2.75) is 19.5 Å². The molecule has 2 rings (SSSR count). The molecule has 23 heavy (non-hydrogen) atoms. The molecule has 0 heterocycles. The van der Waals surface area contributed by atoms with Gasteiger partial charge in [0.2, 0.25) is 5.91 Å². The second-order valence-corrected chi connectivity index (χ2v) is 6.08. The topological polar surface area (TPSA) is 32.3 Å². The van der Waals surface area contributed by atoms with E-state index in [1.165, 1.54) is 12.1 Å². The number of nitrogens with zero attached hydrogens (tertiary/aromatic N) is 1. The summed E-state index contributed by atoms with van der Waals surface area (Å²) in [4.78, 5) is 14.0. The largest absolute Gasteiger partial charge is 0.348 e. The predicted octanol–water partition coefficient (Wildman–Crippen LogP) is 3.79. The number of nitrogens with one attached hydrogen (secondary N) is 1. The molecule has 0 bridgehead atoms. The first kappa shape index (κ1) is 17.4. The SMILES string of the molecule is CC(NC(=O)CN(C)Cc1ccc(F)cc1)c1cccc(Cl)c1. The van der Waals surface area contributed by atoms with Crippen LogP contribution in [0.2, 0.25) is 5.02 Å². The van der Waals surface area contributed by atoms with Crippen LogP contribution in [0.1, 0.15) is 24.1 Å². The van der Waals surface area contributed by atoms with Gasteiger partial charge in [-0.2, -0.15) is 0 Å². The number of hydrogen-bond acceptors (Lipinski definition) is 2. The van der Waals surface area contributed by atoms with Crippen LogP contribution < -0.4 is 5.32 Å². The number of hydrogen-bond donors (Lipinski definition) is 1. The number of halogens is 2. The first-order chi connectivity index (χ1) is 10.9. The summed E-state index contributed by atoms with van der Waals surface area (Å²) in [6, 6.07) is 13.6. The van der Waals surface area contributed by atoms with Crippen LogP contribution in [0.4, 0.5) is 4.39 Å². The second-order valence-electron chi connectivity index (χ2n) is 5.64. The zero-order valence-corrected chi connectivity index (χ0v) is 14.0. The zero-order valence-electron chi connectivity index (χ0n) is 13.2. The van der Waals surface area contributed by atoms with E-state index < -0.39 is 0 Å². The van der Waals surface area contributed by atoms with Gasteiger partial charge in [0.25, 0.3) is 0 Å². The minimum absolute atomic E-state index is 0.0675. The molecule has 0 aromatic heterocycles. The van der Waals surface area contributed by atoms with Crippen LogP contribution in [0.15, 0.2) is 48.5 Å². The molecule has 1 N–H and O–H groups in total. The first-order valence-electron chi connectivity index (χ1n) is 7.42. The van der Waals surface area contributed by atoms with E-state index in [0.29, 0.717) is 11.6 Å². The lowest BCUT2D eigenvalue weighted by Gasteiger charge is -2.19. The lowest BCUT2D eigenvalue weighted by molar-refractivity contribution is -0.122. The number of likely N-dealkylation sites (N-methyl/N-ethyl adjacent to an activating group) is 1. The highest BCUT2D eigenvalue weighted by molar-refractivity contribution is 6.30. The van der Waals surface area contributed by atoms with E-state index >= 15 is 0 Å². The first-order valence-corrected chi connectivity index (χ1v) is 7.79. The fourth-order valence-corrected chi connectivity index (χ4v) is 2.55. The molecule has 2 aromatic rings. The average molecular weight is 335 g/mol. The third-order valence-corrected chi connectivity index (χ3v) is 3.74. The van der Waals surface area contributed by atoms with Crippen molar-refractivity contribution in [1.82, 2.24) is 10.2 Å². The summed E-state index contributed by atoms with van der Waals surface area (Å²) in [6.45, 7) is 2.77. The molecule has 0 aliphatic carbocycles. The maximum Gasteiger partial charge on any atom is 0.234 e. The fourth-order valence-electron chi connectivity index (χ4n) is 2.35. The van der Waals surface area contributed by atoms with Gasteiger partial charge in [-0.05, 0) is 49.4 Å². The van der Waals surface area contributed by atoms with Gasteiger partial charge >= 0.3 is 0 Å². The molecule has 1 unspecified atom stereocenters. The van der Waals surface area contributed by atoms with Crippen LogP contribution >= 0.6 is 11.6 Å². The molecule has 3 nitrogen and oxygen atoms in total. The van der Waals surface area contributed by atoms with Crippen molar-refractivity contribution in [3.8, 4) is 0 Å². The Morgan fingerprint density at radius 3 is 2.61 bits per heavy atom. The van der Waals surface area contributed by atoms with E-state index in [1.807, 2.05) is 37.1 Å². The van der Waals surface area contributed by atoms with Gasteiger partial charge in [-0.25, -0.2) is 4.39 Å². The van der Waals surface area contributed by atoms with Gasteiger partial charge < -0.3 is 5.32 Å². The lowest BCUT2D eigenvalue weighted by atomic mass is 10.1. The lowest BCUT2D eigenvalue weighted by Crippen LogP contribution is -2.36. The highest BCUT2D eigenvalue weighted by atomic mass is 35.5. The van der Waals surface area contributed by atoms with Crippen molar-refractivity contribution in [3.63, 3.8) is 0 Å². The van der Waals surface area contributed by atoms with E-state index in [9.17, 15) is 9.18 Å². The summed E-state index contributed by atoms with van der Waals surface area (Å²) in [5.41, 5.74) is 1.93. The maximum absolute atomic E-state index is 12.9. The van der Waals surface area contributed by atoms with Crippen LogP contribution in [-0.2, 0) is 11.3 Å². The highest BCUT2D eigenvalue weighted by Crippen LogP contribution is 2.17. The van der Waals surface area contributed by atoms with Crippen LogP contribution in [0.25, 0.3) is 0 Å². The summed E-state index contributed by atoms with van der Waals surface area (Å²) in [5, 5.41) is 3.60. The average Bonchev–Trinajstić information content (AvgIpc) is 2.49. The van der Waals surface area contributed by atoms with Crippen LogP contribution in [0, 0.1) is 5.82 Å². The second kappa shape index (κ2) is 8.09. The van der Waals surface area contributed by atoms with E-state index in [-0.39, 0.29) is 24.3 Å². The normalized spacial score (nSPS) is 12.2. The minimum Gasteiger partial charge on any atom is -0.348 e. The molecule has 1 amide bonds. The molecule has 0 radical (unpaired) electrons. The monoisotopic (exact) mass is 334 g/mol. The molecule has 0 saturated carbocycles. The number of carbonyl (C=O) groups is 1. The summed E-state index contributed by atoms with van der Waals surface area (Å²) in [5.74, 6) is -0.327. The molecule has 1 atom stereocenters. The standard InChI is InChI=1S/C18H20ClFN2O/c1-13(15-4-3-5-16(19)10-15)21-18(23)12-22(2)11-14-6-8-17(20)9-7-14/h3-10,13H,11-12H2,1-2H3,(H,21,23). The van der Waals surface area contributed by atoms with E-state index in [4.69, 9.17) is 11.6 Å². The molecule has 0 aliphatic rings. The fraction of sp³-hybridized carbons (Fsp3) is 0.278. The number of benzene rings is 2. The Labute approximate surface area is 141 Å². The van der Waals surface area contributed by atoms with Gasteiger partial charge in [0.15, 0.2) is 0 Å². The Kier molecular flexibility index (Phi) is 6.13. The smallest absolute Gasteiger partial charge is 0.234 e. The molecule has 0 fully saturated rings. The predicted molar refractivity (Wildman–Crippen MR) is 90.7 cm³/mol. The molecule has 122 valence electrons. The van der Waals surface area contributed by atoms with Crippen LogP contribution in [0.3, 0.4) is 0 Å². The molecule has 5 heteroatoms. The number of amides is 1. The Morgan fingerprint density at radius 2 is 1.96 bits per heavy atom. The van der Waals surface area contributed by atoms with Crippen molar-refractivity contribution in [1.29, 1.82) is 0 Å². The van der Waals surface area contributed by atoms with Crippen molar-refractivity contribution in [2.75, 3.05) is 13.6 Å². The van der Waals surface area contributed by atoms with Gasteiger partial charge in [-0.15, -0.1) is 0 Å². The van der Waals surface area contributed by atoms with Gasteiger partial charge in [-0.3, -0.25) is 9.69 Å². The van der Waals surface area contributed by atoms with Crippen molar-refractivity contribution in [2.24, 2.45) is 0 Å². The third-order valence-electron chi connectivity index (χ3n) is 3.51. The van der Waals surface area contributed by atoms with Gasteiger partial charge in [0, 0.05) is 11.6 Å². The van der Waals surface area contributed by atoms with E-state index in [0.717, 1.165) is 11.1 Å². The minimum atomic E-state index is -0.260. The highest BCUT2D eigenvalue weighted by Gasteiger charge is 2.12. The third kappa shape index (κ3) is 5.66. The maximum atomic E-state index is 12.9. The van der Waals surface area contributed by atoms with Crippen molar-refractivity contribution in [3.05, 3.63) is 70.5 Å². The summed E-state index contributed by atoms with van der Waals surface area (Å²) in [6.07, 6.45) is 0. The van der Waals surface area contributed by atoms with E-state index in [1.54, 1.807) is 18.2 Å². The summed E-state index contributed by atoms with van der Waals surface area (Å²) >= 11 is 5.96. The summed E-state index contributed by atoms with van der Waals surface area (Å²) < 4.78 is 12.9. The Balaban J connectivity index is 1.85. The molecule has 0 spiro atoms. The zero-order chi connectivity index (χ0) is 16.8. The van der Waals surface area contributed by atoms with Crippen molar-refractivity contribution < 1.29 is 9.18 Å². The Morgan fingerprint density at radius 1 is 1.26 bits per heavy atom.